The zero-order valence-corrected chi connectivity index (χ0v) is 17.7. The number of nitrogens with zero attached hydrogens (tertiary/aromatic N) is 2. The highest BCUT2D eigenvalue weighted by Crippen LogP contribution is 2.06. The Kier molecular flexibility index (Phi) is 12.3. The summed E-state index contributed by atoms with van der Waals surface area (Å²) in [4.78, 5) is 28.3. The molecule has 0 bridgehead atoms. The minimum atomic E-state index is -0.567. The van der Waals surface area contributed by atoms with Crippen LogP contribution in [0.4, 0.5) is 0 Å². The highest BCUT2D eigenvalue weighted by atomic mass is 35.5. The molecule has 0 radical (unpaired) electrons. The van der Waals surface area contributed by atoms with Crippen molar-refractivity contribution in [2.45, 2.75) is 26.3 Å². The highest BCUT2D eigenvalue weighted by molar-refractivity contribution is 5.87. The van der Waals surface area contributed by atoms with Crippen molar-refractivity contribution in [3.8, 4) is 0 Å². The summed E-state index contributed by atoms with van der Waals surface area (Å²) in [5.74, 6) is -0.236. The molecule has 1 aliphatic heterocycles. The molecule has 1 aromatic carbocycles. The first-order valence-electron chi connectivity index (χ1n) is 9.04. The van der Waals surface area contributed by atoms with Gasteiger partial charge in [0.15, 0.2) is 0 Å². The second-order valence-electron chi connectivity index (χ2n) is 6.95. The molecule has 3 N–H and O–H groups in total. The van der Waals surface area contributed by atoms with E-state index in [0.29, 0.717) is 13.1 Å². The molecule has 0 spiro atoms. The van der Waals surface area contributed by atoms with E-state index < -0.39 is 6.04 Å². The lowest BCUT2D eigenvalue weighted by atomic mass is 10.1. The number of halogens is 2. The van der Waals surface area contributed by atoms with Crippen LogP contribution in [-0.2, 0) is 16.0 Å². The largest absolute Gasteiger partial charge is 0.346 e. The van der Waals surface area contributed by atoms with Gasteiger partial charge in [-0.2, -0.15) is 0 Å². The van der Waals surface area contributed by atoms with E-state index in [1.807, 2.05) is 24.8 Å². The Hall–Kier alpha value is -1.34. The van der Waals surface area contributed by atoms with Gasteiger partial charge in [-0.25, -0.2) is 0 Å². The molecule has 8 heteroatoms. The van der Waals surface area contributed by atoms with Crippen molar-refractivity contribution >= 4 is 36.6 Å². The standard InChI is InChI=1S/C19H30N4O2.2ClH/c1-15(2)18(20)19(25)21-14-17(24)23-12-10-22(11-13-23)9-8-16-6-4-3-5-7-16;;/h3-7,15,18H,8-14,20H2,1-2H3,(H,21,25);2*1H/t18-;;/m0../s1. The Balaban J connectivity index is 0.00000338. The van der Waals surface area contributed by atoms with Crippen LogP contribution in [0.2, 0.25) is 0 Å². The fourth-order valence-corrected chi connectivity index (χ4v) is 2.85. The maximum Gasteiger partial charge on any atom is 0.242 e. The van der Waals surface area contributed by atoms with Crippen LogP contribution in [0.1, 0.15) is 19.4 Å². The van der Waals surface area contributed by atoms with Gasteiger partial charge in [0.1, 0.15) is 0 Å². The number of amides is 2. The quantitative estimate of drug-likeness (QED) is 0.699. The topological polar surface area (TPSA) is 78.7 Å². The molecule has 1 fully saturated rings. The molecule has 0 aliphatic carbocycles. The van der Waals surface area contributed by atoms with Crippen LogP contribution in [0, 0.1) is 5.92 Å². The predicted octanol–water partition coefficient (Wildman–Crippen LogP) is 1.32. The number of hydrogen-bond donors (Lipinski definition) is 2. The molecule has 0 aromatic heterocycles. The van der Waals surface area contributed by atoms with Crippen LogP contribution in [-0.4, -0.2) is 66.9 Å². The molecular formula is C19H32Cl2N4O2. The molecule has 2 rings (SSSR count). The van der Waals surface area contributed by atoms with E-state index in [4.69, 9.17) is 5.73 Å². The summed E-state index contributed by atoms with van der Waals surface area (Å²) >= 11 is 0. The monoisotopic (exact) mass is 418 g/mol. The van der Waals surface area contributed by atoms with Crippen molar-refractivity contribution in [1.29, 1.82) is 0 Å². The van der Waals surface area contributed by atoms with Crippen LogP contribution < -0.4 is 11.1 Å². The van der Waals surface area contributed by atoms with Gasteiger partial charge in [-0.15, -0.1) is 24.8 Å². The summed E-state index contributed by atoms with van der Waals surface area (Å²) in [7, 11) is 0. The molecule has 1 atom stereocenters. The molecule has 2 amide bonds. The Morgan fingerprint density at radius 2 is 1.67 bits per heavy atom. The van der Waals surface area contributed by atoms with Gasteiger partial charge in [-0.1, -0.05) is 44.2 Å². The molecule has 154 valence electrons. The van der Waals surface area contributed by atoms with E-state index in [1.54, 1.807) is 0 Å². The Labute approximate surface area is 174 Å². The van der Waals surface area contributed by atoms with E-state index in [0.717, 1.165) is 26.1 Å². The Morgan fingerprint density at radius 1 is 1.07 bits per heavy atom. The fourth-order valence-electron chi connectivity index (χ4n) is 2.85. The Morgan fingerprint density at radius 3 is 2.22 bits per heavy atom. The summed E-state index contributed by atoms with van der Waals surface area (Å²) in [6, 6.07) is 9.87. The molecule has 1 saturated heterocycles. The smallest absolute Gasteiger partial charge is 0.242 e. The van der Waals surface area contributed by atoms with Gasteiger partial charge in [-0.05, 0) is 17.9 Å². The first-order chi connectivity index (χ1) is 12.0. The molecule has 0 saturated carbocycles. The molecule has 1 heterocycles. The molecule has 1 aliphatic rings. The number of carbonyl (C=O) groups excluding carboxylic acids is 2. The summed E-state index contributed by atoms with van der Waals surface area (Å²) < 4.78 is 0. The number of nitrogens with one attached hydrogen (secondary N) is 1. The third-order valence-electron chi connectivity index (χ3n) is 4.72. The maximum atomic E-state index is 12.2. The van der Waals surface area contributed by atoms with Gasteiger partial charge in [0, 0.05) is 32.7 Å². The third-order valence-corrected chi connectivity index (χ3v) is 4.72. The number of benzene rings is 1. The first kappa shape index (κ1) is 25.7. The zero-order chi connectivity index (χ0) is 18.2. The van der Waals surface area contributed by atoms with Crippen LogP contribution in [0.3, 0.4) is 0 Å². The summed E-state index contributed by atoms with van der Waals surface area (Å²) in [6.45, 7) is 7.98. The average molecular weight is 419 g/mol. The number of carbonyl (C=O) groups is 2. The number of nitrogens with two attached hydrogens (primary N) is 1. The van der Waals surface area contributed by atoms with Crippen LogP contribution in [0.25, 0.3) is 0 Å². The minimum absolute atomic E-state index is 0. The van der Waals surface area contributed by atoms with Crippen LogP contribution in [0.5, 0.6) is 0 Å². The second kappa shape index (κ2) is 12.9. The summed E-state index contributed by atoms with van der Waals surface area (Å²) in [5.41, 5.74) is 7.12. The number of piperazine rings is 1. The molecule has 0 unspecified atom stereocenters. The van der Waals surface area contributed by atoms with Crippen molar-refractivity contribution < 1.29 is 9.59 Å². The van der Waals surface area contributed by atoms with Crippen molar-refractivity contribution in [3.63, 3.8) is 0 Å². The molecule has 1 aromatic rings. The minimum Gasteiger partial charge on any atom is -0.346 e. The maximum absolute atomic E-state index is 12.2. The molecule has 6 nitrogen and oxygen atoms in total. The van der Waals surface area contributed by atoms with Gasteiger partial charge >= 0.3 is 0 Å². The lowest BCUT2D eigenvalue weighted by Crippen LogP contribution is -2.53. The zero-order valence-electron chi connectivity index (χ0n) is 16.1. The van der Waals surface area contributed by atoms with E-state index in [9.17, 15) is 9.59 Å². The summed E-state index contributed by atoms with van der Waals surface area (Å²) in [5, 5.41) is 2.65. The lowest BCUT2D eigenvalue weighted by molar-refractivity contribution is -0.134. The summed E-state index contributed by atoms with van der Waals surface area (Å²) in [6.07, 6.45) is 1.03. The van der Waals surface area contributed by atoms with Crippen molar-refractivity contribution in [2.75, 3.05) is 39.3 Å². The number of rotatable bonds is 7. The van der Waals surface area contributed by atoms with Gasteiger partial charge < -0.3 is 16.0 Å². The fraction of sp³-hybridized carbons (Fsp3) is 0.579. The van der Waals surface area contributed by atoms with Crippen molar-refractivity contribution in [2.24, 2.45) is 11.7 Å². The molecule has 27 heavy (non-hydrogen) atoms. The third kappa shape index (κ3) is 8.47. The van der Waals surface area contributed by atoms with Crippen molar-refractivity contribution in [3.05, 3.63) is 35.9 Å². The van der Waals surface area contributed by atoms with Crippen LogP contribution >= 0.6 is 24.8 Å². The van der Waals surface area contributed by atoms with Gasteiger partial charge in [0.2, 0.25) is 11.8 Å². The van der Waals surface area contributed by atoms with Crippen molar-refractivity contribution in [1.82, 2.24) is 15.1 Å². The van der Waals surface area contributed by atoms with Gasteiger partial charge in [0.05, 0.1) is 12.6 Å². The average Bonchev–Trinajstić information content (AvgIpc) is 2.64. The predicted molar refractivity (Wildman–Crippen MR) is 113 cm³/mol. The lowest BCUT2D eigenvalue weighted by Gasteiger charge is -2.34. The van der Waals surface area contributed by atoms with E-state index in [1.165, 1.54) is 5.56 Å². The number of hydrogen-bond acceptors (Lipinski definition) is 4. The van der Waals surface area contributed by atoms with Crippen LogP contribution in [0.15, 0.2) is 30.3 Å². The van der Waals surface area contributed by atoms with E-state index in [-0.39, 0.29) is 49.1 Å². The Bertz CT molecular complexity index is 564. The van der Waals surface area contributed by atoms with E-state index >= 15 is 0 Å². The second-order valence-corrected chi connectivity index (χ2v) is 6.95. The van der Waals surface area contributed by atoms with E-state index in [2.05, 4.69) is 34.5 Å². The normalized spacial score (nSPS) is 15.5. The highest BCUT2D eigenvalue weighted by Gasteiger charge is 2.22. The first-order valence-corrected chi connectivity index (χ1v) is 9.04. The van der Waals surface area contributed by atoms with Gasteiger partial charge in [-0.3, -0.25) is 14.5 Å². The SMILES string of the molecule is CC(C)[C@H](N)C(=O)NCC(=O)N1CCN(CCc2ccccc2)CC1.Cl.Cl. The van der Waals surface area contributed by atoms with Gasteiger partial charge in [0.25, 0.3) is 0 Å². The molecular weight excluding hydrogens is 387 g/mol.